The van der Waals surface area contributed by atoms with Gasteiger partial charge in [-0.15, -0.1) is 0 Å². The van der Waals surface area contributed by atoms with Crippen LogP contribution in [-0.4, -0.2) is 53.1 Å². The number of anilines is 2. The Bertz CT molecular complexity index is 817. The van der Waals surface area contributed by atoms with Crippen molar-refractivity contribution in [2.75, 3.05) is 36.4 Å². The van der Waals surface area contributed by atoms with E-state index >= 15 is 0 Å². The summed E-state index contributed by atoms with van der Waals surface area (Å²) in [4.78, 5) is 27.2. The molecule has 8 nitrogen and oxygen atoms in total. The van der Waals surface area contributed by atoms with Gasteiger partial charge in [0.25, 0.3) is 5.69 Å². The maximum atomic E-state index is 12.5. The number of hydrogen-bond donors (Lipinski definition) is 2. The highest BCUT2D eigenvalue weighted by Crippen LogP contribution is 2.21. The number of aromatic hydroxyl groups is 1. The summed E-state index contributed by atoms with van der Waals surface area (Å²) >= 11 is 0. The van der Waals surface area contributed by atoms with Crippen LogP contribution < -0.4 is 10.2 Å². The summed E-state index contributed by atoms with van der Waals surface area (Å²) in [5, 5.41) is 23.0. The topological polar surface area (TPSA) is 98.9 Å². The largest absolute Gasteiger partial charge is 0.508 e. The lowest BCUT2D eigenvalue weighted by Gasteiger charge is -2.38. The van der Waals surface area contributed by atoms with E-state index in [4.69, 9.17) is 0 Å². The SMILES string of the molecule is C[C@H](C(=O)Nc1cccc([N+](=O)[O-])c1)N1CCN(c2ccc(O)cc2)CC1. The molecule has 1 aliphatic heterocycles. The van der Waals surface area contributed by atoms with Crippen LogP contribution in [0.5, 0.6) is 5.75 Å². The first-order chi connectivity index (χ1) is 12.9. The predicted octanol–water partition coefficient (Wildman–Crippen LogP) is 2.45. The van der Waals surface area contributed by atoms with Crippen molar-refractivity contribution in [1.29, 1.82) is 0 Å². The molecule has 27 heavy (non-hydrogen) atoms. The zero-order chi connectivity index (χ0) is 19.4. The molecule has 0 radical (unpaired) electrons. The first-order valence-electron chi connectivity index (χ1n) is 8.77. The number of nitro benzene ring substituents is 1. The number of rotatable bonds is 5. The molecule has 1 atom stereocenters. The fraction of sp³-hybridized carbons (Fsp3) is 0.316. The molecule has 8 heteroatoms. The van der Waals surface area contributed by atoms with Gasteiger partial charge in [0.05, 0.1) is 11.0 Å². The molecule has 1 amide bonds. The molecule has 2 aromatic carbocycles. The number of hydrogen-bond acceptors (Lipinski definition) is 6. The Morgan fingerprint density at radius 1 is 1.15 bits per heavy atom. The lowest BCUT2D eigenvalue weighted by atomic mass is 10.2. The smallest absolute Gasteiger partial charge is 0.271 e. The molecule has 142 valence electrons. The highest BCUT2D eigenvalue weighted by atomic mass is 16.6. The van der Waals surface area contributed by atoms with Gasteiger partial charge < -0.3 is 15.3 Å². The Kier molecular flexibility index (Phi) is 5.56. The quantitative estimate of drug-likeness (QED) is 0.620. The van der Waals surface area contributed by atoms with Crippen molar-refractivity contribution in [3.63, 3.8) is 0 Å². The minimum atomic E-state index is -0.484. The number of phenols is 1. The average molecular weight is 370 g/mol. The van der Waals surface area contributed by atoms with Gasteiger partial charge in [-0.25, -0.2) is 0 Å². The van der Waals surface area contributed by atoms with E-state index < -0.39 is 4.92 Å². The van der Waals surface area contributed by atoms with Gasteiger partial charge in [0, 0.05) is 49.7 Å². The number of nitrogens with one attached hydrogen (secondary N) is 1. The van der Waals surface area contributed by atoms with Crippen molar-refractivity contribution in [3.8, 4) is 5.75 Å². The second kappa shape index (κ2) is 8.05. The first-order valence-corrected chi connectivity index (χ1v) is 8.77. The zero-order valence-corrected chi connectivity index (χ0v) is 15.0. The molecule has 0 bridgehead atoms. The molecule has 1 aliphatic rings. The van der Waals surface area contributed by atoms with E-state index in [-0.39, 0.29) is 23.4 Å². The van der Waals surface area contributed by atoms with Crippen LogP contribution in [0.4, 0.5) is 17.1 Å². The molecule has 1 saturated heterocycles. The Labute approximate surface area is 157 Å². The normalized spacial score (nSPS) is 16.0. The number of carbonyl (C=O) groups excluding carboxylic acids is 1. The lowest BCUT2D eigenvalue weighted by Crippen LogP contribution is -2.52. The van der Waals surface area contributed by atoms with E-state index in [9.17, 15) is 20.0 Å². The van der Waals surface area contributed by atoms with Crippen LogP contribution in [0.2, 0.25) is 0 Å². The third-order valence-corrected chi connectivity index (χ3v) is 4.78. The molecule has 0 aliphatic carbocycles. The lowest BCUT2D eigenvalue weighted by molar-refractivity contribution is -0.384. The minimum absolute atomic E-state index is 0.0528. The van der Waals surface area contributed by atoms with Crippen molar-refractivity contribution in [2.24, 2.45) is 0 Å². The van der Waals surface area contributed by atoms with E-state index in [1.54, 1.807) is 24.3 Å². The number of amides is 1. The van der Waals surface area contributed by atoms with Crippen LogP contribution in [0.3, 0.4) is 0 Å². The first kappa shape index (κ1) is 18.7. The predicted molar refractivity (Wildman–Crippen MR) is 103 cm³/mol. The van der Waals surface area contributed by atoms with Crippen molar-refractivity contribution in [3.05, 3.63) is 58.6 Å². The minimum Gasteiger partial charge on any atom is -0.508 e. The monoisotopic (exact) mass is 370 g/mol. The van der Waals surface area contributed by atoms with Crippen LogP contribution >= 0.6 is 0 Å². The number of piperazine rings is 1. The van der Waals surface area contributed by atoms with Gasteiger partial charge in [-0.1, -0.05) is 6.07 Å². The summed E-state index contributed by atoms with van der Waals surface area (Å²) in [6.45, 7) is 4.84. The van der Waals surface area contributed by atoms with Gasteiger partial charge in [-0.2, -0.15) is 0 Å². The molecule has 3 rings (SSSR count). The van der Waals surface area contributed by atoms with Crippen molar-refractivity contribution in [1.82, 2.24) is 4.90 Å². The second-order valence-electron chi connectivity index (χ2n) is 6.51. The van der Waals surface area contributed by atoms with Gasteiger partial charge in [-0.05, 0) is 37.3 Å². The number of phenolic OH excluding ortho intramolecular Hbond substituents is 1. The number of nitro groups is 1. The average Bonchev–Trinajstić information content (AvgIpc) is 2.68. The summed E-state index contributed by atoms with van der Waals surface area (Å²) in [7, 11) is 0. The van der Waals surface area contributed by atoms with Gasteiger partial charge in [-0.3, -0.25) is 19.8 Å². The summed E-state index contributed by atoms with van der Waals surface area (Å²) < 4.78 is 0. The van der Waals surface area contributed by atoms with Gasteiger partial charge in [0.2, 0.25) is 5.91 Å². The summed E-state index contributed by atoms with van der Waals surface area (Å²) in [5.41, 5.74) is 1.41. The van der Waals surface area contributed by atoms with E-state index in [2.05, 4.69) is 15.1 Å². The summed E-state index contributed by atoms with van der Waals surface area (Å²) in [6, 6.07) is 12.7. The molecular weight excluding hydrogens is 348 g/mol. The zero-order valence-electron chi connectivity index (χ0n) is 15.0. The Hall–Kier alpha value is -3.13. The van der Waals surface area contributed by atoms with Crippen molar-refractivity contribution in [2.45, 2.75) is 13.0 Å². The van der Waals surface area contributed by atoms with E-state index in [0.29, 0.717) is 5.69 Å². The van der Waals surface area contributed by atoms with Crippen molar-refractivity contribution >= 4 is 23.0 Å². The summed E-state index contributed by atoms with van der Waals surface area (Å²) in [6.07, 6.45) is 0. The summed E-state index contributed by atoms with van der Waals surface area (Å²) in [5.74, 6) is 0.0532. The Morgan fingerprint density at radius 3 is 2.44 bits per heavy atom. The van der Waals surface area contributed by atoms with Crippen molar-refractivity contribution < 1.29 is 14.8 Å². The molecule has 0 unspecified atom stereocenters. The molecule has 1 fully saturated rings. The number of carbonyl (C=O) groups is 1. The van der Waals surface area contributed by atoms with Crippen LogP contribution in [0.1, 0.15) is 6.92 Å². The number of non-ortho nitro benzene ring substituents is 1. The highest BCUT2D eigenvalue weighted by molar-refractivity contribution is 5.94. The molecular formula is C19H22N4O4. The van der Waals surface area contributed by atoms with E-state index in [1.165, 1.54) is 12.1 Å². The molecule has 2 aromatic rings. The molecule has 1 heterocycles. The van der Waals surface area contributed by atoms with Gasteiger partial charge in [0.15, 0.2) is 0 Å². The number of benzene rings is 2. The Balaban J connectivity index is 1.56. The van der Waals surface area contributed by atoms with Crippen LogP contribution in [-0.2, 0) is 4.79 Å². The van der Waals surface area contributed by atoms with E-state index in [1.807, 2.05) is 19.1 Å². The maximum absolute atomic E-state index is 12.5. The third kappa shape index (κ3) is 4.53. The van der Waals surface area contributed by atoms with Crippen LogP contribution in [0, 0.1) is 10.1 Å². The molecule has 0 aromatic heterocycles. The molecule has 2 N–H and O–H groups in total. The van der Waals surface area contributed by atoms with Crippen LogP contribution in [0.25, 0.3) is 0 Å². The van der Waals surface area contributed by atoms with Gasteiger partial charge >= 0.3 is 0 Å². The Morgan fingerprint density at radius 2 is 1.81 bits per heavy atom. The number of nitrogens with zero attached hydrogens (tertiary/aromatic N) is 3. The van der Waals surface area contributed by atoms with E-state index in [0.717, 1.165) is 31.9 Å². The third-order valence-electron chi connectivity index (χ3n) is 4.78. The molecule has 0 spiro atoms. The standard InChI is InChI=1S/C19H22N4O4/c1-14(19(25)20-15-3-2-4-17(13-15)23(26)27)21-9-11-22(12-10-21)16-5-7-18(24)8-6-16/h2-8,13-14,24H,9-12H2,1H3,(H,20,25)/t14-/m1/s1. The second-order valence-corrected chi connectivity index (χ2v) is 6.51. The van der Waals surface area contributed by atoms with Crippen LogP contribution in [0.15, 0.2) is 48.5 Å². The fourth-order valence-corrected chi connectivity index (χ4v) is 3.14. The van der Waals surface area contributed by atoms with Gasteiger partial charge in [0.1, 0.15) is 5.75 Å². The fourth-order valence-electron chi connectivity index (χ4n) is 3.14. The maximum Gasteiger partial charge on any atom is 0.271 e. The highest BCUT2D eigenvalue weighted by Gasteiger charge is 2.26. The molecule has 0 saturated carbocycles.